The molecule has 0 aromatic heterocycles. The number of hydrogen-bond donors (Lipinski definition) is 0. The standard InChI is InChI=1S/C21H29NO3/c1-15(13-16-9-7-5-6-8-10-16)14-18-19(22-2)12-11-17(20(18)24-3)21(23)25-4/h11-12,14,16H,1,5-10,13H2,2-4H3/b18-14+,22-19?. The third-order valence-corrected chi connectivity index (χ3v) is 4.90. The number of carbonyl (C=O) groups excluding carboxylic acids is 1. The molecule has 0 aromatic rings. The Hall–Kier alpha value is -2.10. The zero-order valence-electron chi connectivity index (χ0n) is 15.6. The summed E-state index contributed by atoms with van der Waals surface area (Å²) in [6, 6.07) is 0. The van der Waals surface area contributed by atoms with Gasteiger partial charge in [0.05, 0.1) is 19.9 Å². The van der Waals surface area contributed by atoms with Crippen LogP contribution in [0.3, 0.4) is 0 Å². The maximum Gasteiger partial charge on any atom is 0.341 e. The third-order valence-electron chi connectivity index (χ3n) is 4.90. The van der Waals surface area contributed by atoms with Gasteiger partial charge in [-0.2, -0.15) is 0 Å². The fraction of sp³-hybridized carbons (Fsp3) is 0.524. The van der Waals surface area contributed by atoms with Crippen LogP contribution in [0.5, 0.6) is 0 Å². The predicted octanol–water partition coefficient (Wildman–Crippen LogP) is 4.54. The second-order valence-electron chi connectivity index (χ2n) is 6.66. The molecule has 0 atom stereocenters. The SMILES string of the molecule is C=C(/C=C1\C(=NC)C=CC(C(=O)OC)=C1OC)CC1CCCCCC1. The second kappa shape index (κ2) is 9.40. The van der Waals surface area contributed by atoms with E-state index in [9.17, 15) is 4.79 Å². The number of hydrogen-bond acceptors (Lipinski definition) is 4. The predicted molar refractivity (Wildman–Crippen MR) is 102 cm³/mol. The quantitative estimate of drug-likeness (QED) is 0.544. The fourth-order valence-corrected chi connectivity index (χ4v) is 3.62. The van der Waals surface area contributed by atoms with Crippen LogP contribution in [0.4, 0.5) is 0 Å². The van der Waals surface area contributed by atoms with Gasteiger partial charge in [0.2, 0.25) is 0 Å². The van der Waals surface area contributed by atoms with Crippen molar-refractivity contribution >= 4 is 11.7 Å². The van der Waals surface area contributed by atoms with E-state index in [2.05, 4.69) is 11.6 Å². The molecule has 0 heterocycles. The first-order chi connectivity index (χ1) is 12.1. The van der Waals surface area contributed by atoms with Gasteiger partial charge in [0.1, 0.15) is 11.3 Å². The number of nitrogens with zero attached hydrogens (tertiary/aromatic N) is 1. The topological polar surface area (TPSA) is 47.9 Å². The molecular formula is C21H29NO3. The van der Waals surface area contributed by atoms with E-state index in [4.69, 9.17) is 9.47 Å². The highest BCUT2D eigenvalue weighted by Gasteiger charge is 2.24. The monoisotopic (exact) mass is 343 g/mol. The van der Waals surface area contributed by atoms with Crippen LogP contribution in [0.1, 0.15) is 44.9 Å². The van der Waals surface area contributed by atoms with Crippen molar-refractivity contribution in [1.29, 1.82) is 0 Å². The van der Waals surface area contributed by atoms with Gasteiger partial charge in [-0.05, 0) is 30.6 Å². The van der Waals surface area contributed by atoms with Crippen LogP contribution in [-0.2, 0) is 14.3 Å². The molecule has 0 aliphatic heterocycles. The van der Waals surface area contributed by atoms with Crippen LogP contribution in [0.25, 0.3) is 0 Å². The van der Waals surface area contributed by atoms with Crippen molar-refractivity contribution in [2.24, 2.45) is 10.9 Å². The van der Waals surface area contributed by atoms with Crippen LogP contribution in [0.2, 0.25) is 0 Å². The zero-order chi connectivity index (χ0) is 18.2. The Morgan fingerprint density at radius 1 is 1.24 bits per heavy atom. The Balaban J connectivity index is 2.26. The van der Waals surface area contributed by atoms with E-state index in [-0.39, 0.29) is 0 Å². The van der Waals surface area contributed by atoms with E-state index in [0.29, 0.717) is 17.3 Å². The van der Waals surface area contributed by atoms with Crippen molar-refractivity contribution in [3.63, 3.8) is 0 Å². The number of rotatable bonds is 5. The molecule has 2 rings (SSSR count). The summed E-state index contributed by atoms with van der Waals surface area (Å²) < 4.78 is 10.4. The molecule has 0 saturated heterocycles. The lowest BCUT2D eigenvalue weighted by Crippen LogP contribution is -2.17. The van der Waals surface area contributed by atoms with Gasteiger partial charge in [-0.3, -0.25) is 4.99 Å². The van der Waals surface area contributed by atoms with Gasteiger partial charge in [0, 0.05) is 12.6 Å². The Labute approximate surface area is 151 Å². The van der Waals surface area contributed by atoms with Crippen LogP contribution in [0.15, 0.2) is 52.3 Å². The molecule has 0 radical (unpaired) electrons. The third kappa shape index (κ3) is 4.94. The van der Waals surface area contributed by atoms with E-state index in [1.807, 2.05) is 12.2 Å². The smallest absolute Gasteiger partial charge is 0.341 e. The fourth-order valence-electron chi connectivity index (χ4n) is 3.62. The largest absolute Gasteiger partial charge is 0.495 e. The number of ether oxygens (including phenoxy) is 2. The molecule has 1 fully saturated rings. The Morgan fingerprint density at radius 3 is 2.48 bits per heavy atom. The minimum absolute atomic E-state index is 0.408. The molecule has 0 spiro atoms. The van der Waals surface area contributed by atoms with E-state index in [1.54, 1.807) is 20.2 Å². The second-order valence-corrected chi connectivity index (χ2v) is 6.66. The normalized spacial score (nSPS) is 22.2. The summed E-state index contributed by atoms with van der Waals surface area (Å²) >= 11 is 0. The minimum atomic E-state index is -0.413. The van der Waals surface area contributed by atoms with Gasteiger partial charge in [0.15, 0.2) is 0 Å². The van der Waals surface area contributed by atoms with E-state index in [1.165, 1.54) is 45.6 Å². The highest BCUT2D eigenvalue weighted by atomic mass is 16.5. The number of aliphatic imine (C=N–C) groups is 1. The molecule has 25 heavy (non-hydrogen) atoms. The Kier molecular flexibility index (Phi) is 7.23. The van der Waals surface area contributed by atoms with Crippen molar-refractivity contribution < 1.29 is 14.3 Å². The zero-order valence-corrected chi connectivity index (χ0v) is 15.6. The summed E-state index contributed by atoms with van der Waals surface area (Å²) in [6.45, 7) is 4.25. The first kappa shape index (κ1) is 19.2. The molecule has 0 bridgehead atoms. The summed E-state index contributed by atoms with van der Waals surface area (Å²) in [5.74, 6) is 0.781. The van der Waals surface area contributed by atoms with Crippen molar-refractivity contribution in [3.8, 4) is 0 Å². The van der Waals surface area contributed by atoms with Gasteiger partial charge < -0.3 is 9.47 Å². The average molecular weight is 343 g/mol. The molecule has 0 aromatic carbocycles. The maximum absolute atomic E-state index is 12.0. The lowest BCUT2D eigenvalue weighted by Gasteiger charge is -2.20. The van der Waals surface area contributed by atoms with Crippen LogP contribution < -0.4 is 0 Å². The summed E-state index contributed by atoms with van der Waals surface area (Å²) in [4.78, 5) is 16.3. The highest BCUT2D eigenvalue weighted by Crippen LogP contribution is 2.30. The van der Waals surface area contributed by atoms with E-state index < -0.39 is 5.97 Å². The van der Waals surface area contributed by atoms with Gasteiger partial charge in [-0.15, -0.1) is 0 Å². The van der Waals surface area contributed by atoms with Crippen LogP contribution >= 0.6 is 0 Å². The van der Waals surface area contributed by atoms with Crippen LogP contribution in [0, 0.1) is 5.92 Å². The molecule has 136 valence electrons. The van der Waals surface area contributed by atoms with E-state index >= 15 is 0 Å². The summed E-state index contributed by atoms with van der Waals surface area (Å²) in [6.07, 6.45) is 14.4. The van der Waals surface area contributed by atoms with Gasteiger partial charge in [-0.1, -0.05) is 50.7 Å². The lowest BCUT2D eigenvalue weighted by atomic mass is 9.90. The lowest BCUT2D eigenvalue weighted by molar-refractivity contribution is -0.135. The summed E-state index contributed by atoms with van der Waals surface area (Å²) in [5.41, 5.74) is 3.04. The molecule has 2 aliphatic carbocycles. The highest BCUT2D eigenvalue weighted by molar-refractivity contribution is 6.15. The van der Waals surface area contributed by atoms with Crippen molar-refractivity contribution in [2.75, 3.05) is 21.3 Å². The summed E-state index contributed by atoms with van der Waals surface area (Å²) in [5, 5.41) is 0. The van der Waals surface area contributed by atoms with Crippen molar-refractivity contribution in [2.45, 2.75) is 44.9 Å². The number of carbonyl (C=O) groups is 1. The average Bonchev–Trinajstić information content (AvgIpc) is 2.89. The van der Waals surface area contributed by atoms with Gasteiger partial charge in [-0.25, -0.2) is 4.79 Å². The first-order valence-corrected chi connectivity index (χ1v) is 9.02. The van der Waals surface area contributed by atoms with E-state index in [0.717, 1.165) is 23.3 Å². The number of allylic oxidation sites excluding steroid dienone is 4. The van der Waals surface area contributed by atoms with Crippen molar-refractivity contribution in [3.05, 3.63) is 47.3 Å². The summed E-state index contributed by atoms with van der Waals surface area (Å²) in [7, 11) is 4.67. The molecule has 4 heteroatoms. The Morgan fingerprint density at radius 2 is 1.92 bits per heavy atom. The van der Waals surface area contributed by atoms with Crippen LogP contribution in [-0.4, -0.2) is 32.9 Å². The molecule has 0 amide bonds. The number of methoxy groups -OCH3 is 2. The Bertz CT molecular complexity index is 630. The molecule has 4 nitrogen and oxygen atoms in total. The molecule has 0 unspecified atom stereocenters. The minimum Gasteiger partial charge on any atom is -0.495 e. The molecule has 0 N–H and O–H groups in total. The van der Waals surface area contributed by atoms with Crippen molar-refractivity contribution in [1.82, 2.24) is 0 Å². The van der Waals surface area contributed by atoms with Gasteiger partial charge in [0.25, 0.3) is 0 Å². The molecular weight excluding hydrogens is 314 g/mol. The maximum atomic E-state index is 12.0. The van der Waals surface area contributed by atoms with Gasteiger partial charge >= 0.3 is 5.97 Å². The molecule has 1 saturated carbocycles. The molecule has 2 aliphatic rings. The number of esters is 1. The first-order valence-electron chi connectivity index (χ1n) is 9.02.